The van der Waals surface area contributed by atoms with Crippen LogP contribution in [0.3, 0.4) is 0 Å². The Morgan fingerprint density at radius 1 is 1.00 bits per heavy atom. The molecule has 0 amide bonds. The maximum absolute atomic E-state index is 11.8. The van der Waals surface area contributed by atoms with E-state index in [1.54, 1.807) is 0 Å². The molecule has 0 aromatic heterocycles. The number of unbranched alkanes of at least 4 members (excludes halogenated alkanes) is 1. The quantitative estimate of drug-likeness (QED) is 0.659. The van der Waals surface area contributed by atoms with E-state index in [0.717, 1.165) is 12.0 Å². The highest BCUT2D eigenvalue weighted by atomic mass is 19.4. The summed E-state index contributed by atoms with van der Waals surface area (Å²) in [6.07, 6.45) is -3.12. The van der Waals surface area contributed by atoms with Crippen molar-refractivity contribution in [1.29, 1.82) is 0 Å². The number of hydrogen-bond acceptors (Lipinski definition) is 0. The van der Waals surface area contributed by atoms with Crippen molar-refractivity contribution >= 4 is 0 Å². The van der Waals surface area contributed by atoms with E-state index in [2.05, 4.69) is 0 Å². The van der Waals surface area contributed by atoms with Crippen LogP contribution in [0.4, 0.5) is 13.2 Å². The highest BCUT2D eigenvalue weighted by molar-refractivity contribution is 5.21. The van der Waals surface area contributed by atoms with Crippen molar-refractivity contribution in [2.24, 2.45) is 0 Å². The zero-order valence-corrected chi connectivity index (χ0v) is 8.77. The van der Waals surface area contributed by atoms with Gasteiger partial charge in [-0.05, 0) is 31.7 Å². The van der Waals surface area contributed by atoms with Crippen molar-refractivity contribution < 1.29 is 13.2 Å². The van der Waals surface area contributed by atoms with E-state index in [0.29, 0.717) is 6.42 Å². The molecule has 1 rings (SSSR count). The minimum atomic E-state index is -4.01. The molecule has 0 N–H and O–H groups in total. The van der Waals surface area contributed by atoms with Crippen LogP contribution in [0, 0.1) is 6.92 Å². The third-order valence-corrected chi connectivity index (χ3v) is 2.30. The summed E-state index contributed by atoms with van der Waals surface area (Å²) in [5, 5.41) is 0. The molecule has 0 unspecified atom stereocenters. The van der Waals surface area contributed by atoms with Gasteiger partial charge < -0.3 is 0 Å². The van der Waals surface area contributed by atoms with Crippen LogP contribution in [0.2, 0.25) is 0 Å². The maximum atomic E-state index is 11.8. The first-order chi connectivity index (χ1) is 6.97. The smallest absolute Gasteiger partial charge is 0.171 e. The van der Waals surface area contributed by atoms with Crippen LogP contribution in [0.25, 0.3) is 0 Å². The van der Waals surface area contributed by atoms with Crippen LogP contribution in [0.5, 0.6) is 0 Å². The number of hydrogen-bond donors (Lipinski definition) is 0. The van der Waals surface area contributed by atoms with Gasteiger partial charge in [0.05, 0.1) is 0 Å². The largest absolute Gasteiger partial charge is 0.389 e. The fraction of sp³-hybridized carbons (Fsp3) is 0.500. The Morgan fingerprint density at radius 3 is 2.13 bits per heavy atom. The summed E-state index contributed by atoms with van der Waals surface area (Å²) in [5.41, 5.74) is 2.29. The van der Waals surface area contributed by atoms with Crippen LogP contribution < -0.4 is 0 Å². The lowest BCUT2D eigenvalue weighted by atomic mass is 10.1. The molecule has 0 saturated carbocycles. The van der Waals surface area contributed by atoms with Crippen molar-refractivity contribution in [3.8, 4) is 0 Å². The molecule has 3 heteroatoms. The second-order valence-electron chi connectivity index (χ2n) is 3.81. The molecule has 0 fully saturated rings. The van der Waals surface area contributed by atoms with Gasteiger partial charge in [-0.15, -0.1) is 0 Å². The lowest BCUT2D eigenvalue weighted by Crippen LogP contribution is -2.06. The SMILES string of the molecule is Cc1ccc(CCCCC(F)(F)F)cc1. The van der Waals surface area contributed by atoms with Gasteiger partial charge in [0.15, 0.2) is 0 Å². The lowest BCUT2D eigenvalue weighted by molar-refractivity contribution is -0.135. The van der Waals surface area contributed by atoms with Gasteiger partial charge in [-0.3, -0.25) is 0 Å². The standard InChI is InChI=1S/C12H15F3/c1-10-5-7-11(8-6-10)4-2-3-9-12(13,14)15/h5-8H,2-4,9H2,1H3. The number of alkyl halides is 3. The zero-order chi connectivity index (χ0) is 11.3. The van der Waals surface area contributed by atoms with Gasteiger partial charge in [0.25, 0.3) is 0 Å². The van der Waals surface area contributed by atoms with E-state index in [4.69, 9.17) is 0 Å². The number of rotatable bonds is 4. The molecule has 0 nitrogen and oxygen atoms in total. The topological polar surface area (TPSA) is 0 Å². The molecule has 1 aromatic carbocycles. The van der Waals surface area contributed by atoms with Gasteiger partial charge in [0, 0.05) is 6.42 Å². The number of halogens is 3. The summed E-state index contributed by atoms with van der Waals surface area (Å²) in [4.78, 5) is 0. The van der Waals surface area contributed by atoms with Gasteiger partial charge in [-0.1, -0.05) is 29.8 Å². The van der Waals surface area contributed by atoms with Crippen molar-refractivity contribution in [2.75, 3.05) is 0 Å². The Balaban J connectivity index is 2.23. The molecule has 0 heterocycles. The molecule has 0 aliphatic carbocycles. The Hall–Kier alpha value is -0.990. The third kappa shape index (κ3) is 5.45. The van der Waals surface area contributed by atoms with E-state index >= 15 is 0 Å². The summed E-state index contributed by atoms with van der Waals surface area (Å²) in [5.74, 6) is 0. The van der Waals surface area contributed by atoms with Crippen molar-refractivity contribution in [2.45, 2.75) is 38.8 Å². The Labute approximate surface area is 88.1 Å². The fourth-order valence-electron chi connectivity index (χ4n) is 1.41. The van der Waals surface area contributed by atoms with Crippen LogP contribution in [0.1, 0.15) is 30.4 Å². The molecule has 0 atom stereocenters. The first-order valence-electron chi connectivity index (χ1n) is 5.10. The highest BCUT2D eigenvalue weighted by Crippen LogP contribution is 2.22. The monoisotopic (exact) mass is 216 g/mol. The molecule has 0 spiro atoms. The van der Waals surface area contributed by atoms with Crippen LogP contribution in [0.15, 0.2) is 24.3 Å². The minimum absolute atomic E-state index is 0.220. The van der Waals surface area contributed by atoms with Crippen LogP contribution in [-0.4, -0.2) is 6.18 Å². The van der Waals surface area contributed by atoms with Crippen LogP contribution in [-0.2, 0) is 6.42 Å². The Bertz CT molecular complexity index is 285. The third-order valence-electron chi connectivity index (χ3n) is 2.30. The van der Waals surface area contributed by atoms with Gasteiger partial charge in [-0.25, -0.2) is 0 Å². The van der Waals surface area contributed by atoms with Gasteiger partial charge in [0.1, 0.15) is 0 Å². The predicted octanol–water partition coefficient (Wildman–Crippen LogP) is 4.27. The molecular formula is C12H15F3. The van der Waals surface area contributed by atoms with E-state index in [9.17, 15) is 13.2 Å². The van der Waals surface area contributed by atoms with Crippen molar-refractivity contribution in [3.05, 3.63) is 35.4 Å². The lowest BCUT2D eigenvalue weighted by Gasteiger charge is -2.05. The predicted molar refractivity (Wildman–Crippen MR) is 54.8 cm³/mol. The summed E-state index contributed by atoms with van der Waals surface area (Å²) in [6, 6.07) is 7.92. The molecule has 0 aliphatic rings. The molecule has 0 bridgehead atoms. The normalized spacial score (nSPS) is 11.7. The summed E-state index contributed by atoms with van der Waals surface area (Å²) in [6.45, 7) is 1.99. The fourth-order valence-corrected chi connectivity index (χ4v) is 1.41. The molecule has 0 saturated heterocycles. The second kappa shape index (κ2) is 5.19. The highest BCUT2D eigenvalue weighted by Gasteiger charge is 2.25. The first-order valence-corrected chi connectivity index (χ1v) is 5.10. The first kappa shape index (κ1) is 12.1. The average Bonchev–Trinajstić information content (AvgIpc) is 2.14. The van der Waals surface area contributed by atoms with E-state index < -0.39 is 12.6 Å². The summed E-state index contributed by atoms with van der Waals surface area (Å²) >= 11 is 0. The maximum Gasteiger partial charge on any atom is 0.389 e. The Morgan fingerprint density at radius 2 is 1.60 bits per heavy atom. The van der Waals surface area contributed by atoms with E-state index in [1.165, 1.54) is 5.56 Å². The molecule has 15 heavy (non-hydrogen) atoms. The molecule has 84 valence electrons. The zero-order valence-electron chi connectivity index (χ0n) is 8.77. The molecular weight excluding hydrogens is 201 g/mol. The van der Waals surface area contributed by atoms with Gasteiger partial charge in [0.2, 0.25) is 0 Å². The molecule has 0 aliphatic heterocycles. The minimum Gasteiger partial charge on any atom is -0.171 e. The molecule has 1 aromatic rings. The average molecular weight is 216 g/mol. The number of aryl methyl sites for hydroxylation is 2. The van der Waals surface area contributed by atoms with Crippen LogP contribution >= 0.6 is 0 Å². The van der Waals surface area contributed by atoms with E-state index in [1.807, 2.05) is 31.2 Å². The summed E-state index contributed by atoms with van der Waals surface area (Å²) in [7, 11) is 0. The number of benzene rings is 1. The van der Waals surface area contributed by atoms with Crippen molar-refractivity contribution in [3.63, 3.8) is 0 Å². The van der Waals surface area contributed by atoms with E-state index in [-0.39, 0.29) is 6.42 Å². The van der Waals surface area contributed by atoms with Gasteiger partial charge >= 0.3 is 6.18 Å². The Kier molecular flexibility index (Phi) is 4.18. The van der Waals surface area contributed by atoms with Gasteiger partial charge in [-0.2, -0.15) is 13.2 Å². The molecule has 0 radical (unpaired) electrons. The summed E-state index contributed by atoms with van der Waals surface area (Å²) < 4.78 is 35.5. The van der Waals surface area contributed by atoms with Crippen molar-refractivity contribution in [1.82, 2.24) is 0 Å². The second-order valence-corrected chi connectivity index (χ2v) is 3.81.